The van der Waals surface area contributed by atoms with Crippen molar-refractivity contribution < 1.29 is 0 Å². The molecule has 0 spiro atoms. The molecule has 2 aliphatic rings. The molecule has 0 aromatic rings. The number of rotatable bonds is 2. The van der Waals surface area contributed by atoms with E-state index < -0.39 is 0 Å². The summed E-state index contributed by atoms with van der Waals surface area (Å²) in [5.74, 6) is 1.82. The van der Waals surface area contributed by atoms with Gasteiger partial charge in [0.1, 0.15) is 0 Å². The van der Waals surface area contributed by atoms with Gasteiger partial charge in [0.15, 0.2) is 0 Å². The van der Waals surface area contributed by atoms with Crippen LogP contribution in [0.5, 0.6) is 0 Å². The van der Waals surface area contributed by atoms with Gasteiger partial charge in [-0.2, -0.15) is 0 Å². The topological polar surface area (TPSA) is 26.0 Å². The van der Waals surface area contributed by atoms with Crippen LogP contribution in [0.15, 0.2) is 0 Å². The molecule has 1 nitrogen and oxygen atoms in total. The van der Waals surface area contributed by atoms with Crippen molar-refractivity contribution in [2.75, 3.05) is 0 Å². The number of hydrogen-bond donors (Lipinski definition) is 1. The smallest absolute Gasteiger partial charge is 0.0241 e. The van der Waals surface area contributed by atoms with Crippen molar-refractivity contribution in [3.05, 3.63) is 0 Å². The molecule has 0 radical (unpaired) electrons. The average Bonchev–Trinajstić information content (AvgIpc) is 2.68. The fourth-order valence-corrected chi connectivity index (χ4v) is 3.47. The Kier molecular flexibility index (Phi) is 2.42. The third-order valence-corrected chi connectivity index (χ3v) is 5.02. The molecular weight excluding hydrogens is 170 g/mol. The van der Waals surface area contributed by atoms with Crippen molar-refractivity contribution in [3.63, 3.8) is 0 Å². The molecule has 2 fully saturated rings. The van der Waals surface area contributed by atoms with Crippen LogP contribution in [0.3, 0.4) is 0 Å². The molecule has 2 N–H and O–H groups in total. The molecule has 0 aromatic carbocycles. The van der Waals surface area contributed by atoms with Crippen LogP contribution < -0.4 is 5.73 Å². The lowest BCUT2D eigenvalue weighted by Crippen LogP contribution is -2.39. The van der Waals surface area contributed by atoms with Gasteiger partial charge in [0.05, 0.1) is 0 Å². The lowest BCUT2D eigenvalue weighted by molar-refractivity contribution is 0.208. The van der Waals surface area contributed by atoms with E-state index in [0.717, 1.165) is 11.8 Å². The van der Waals surface area contributed by atoms with Crippen molar-refractivity contribution >= 4 is 0 Å². The second kappa shape index (κ2) is 3.23. The molecule has 1 unspecified atom stereocenters. The van der Waals surface area contributed by atoms with Crippen LogP contribution in [0.4, 0.5) is 0 Å². The minimum Gasteiger partial charge on any atom is -0.324 e. The normalized spacial score (nSPS) is 46.3. The first kappa shape index (κ1) is 10.5. The van der Waals surface area contributed by atoms with Gasteiger partial charge in [-0.3, -0.25) is 0 Å². The molecule has 0 saturated heterocycles. The van der Waals surface area contributed by atoms with Crippen LogP contribution in [0.25, 0.3) is 0 Å². The van der Waals surface area contributed by atoms with Gasteiger partial charge in [0.2, 0.25) is 0 Å². The first-order chi connectivity index (χ1) is 6.49. The lowest BCUT2D eigenvalue weighted by Gasteiger charge is -2.33. The highest BCUT2D eigenvalue weighted by Gasteiger charge is 2.62. The maximum Gasteiger partial charge on any atom is 0.0241 e. The minimum absolute atomic E-state index is 0.200. The van der Waals surface area contributed by atoms with Gasteiger partial charge in [0, 0.05) is 5.54 Å². The first-order valence-corrected chi connectivity index (χ1v) is 6.28. The summed E-state index contributed by atoms with van der Waals surface area (Å²) in [5.41, 5.74) is 7.11. The van der Waals surface area contributed by atoms with Gasteiger partial charge in [-0.15, -0.1) is 0 Å². The van der Waals surface area contributed by atoms with E-state index >= 15 is 0 Å². The summed E-state index contributed by atoms with van der Waals surface area (Å²) >= 11 is 0. The van der Waals surface area contributed by atoms with Crippen LogP contribution in [-0.4, -0.2) is 5.54 Å². The highest BCUT2D eigenvalue weighted by atomic mass is 14.9. The highest BCUT2D eigenvalue weighted by Crippen LogP contribution is 2.60. The Bertz CT molecular complexity index is 213. The zero-order valence-electron chi connectivity index (χ0n) is 9.97. The number of hydrogen-bond acceptors (Lipinski definition) is 1. The van der Waals surface area contributed by atoms with Crippen LogP contribution in [-0.2, 0) is 0 Å². The number of nitrogens with two attached hydrogens (primary N) is 1. The molecule has 82 valence electrons. The van der Waals surface area contributed by atoms with E-state index in [0.29, 0.717) is 5.41 Å². The Hall–Kier alpha value is -0.0400. The second-order valence-corrected chi connectivity index (χ2v) is 6.23. The highest BCUT2D eigenvalue weighted by molar-refractivity contribution is 5.18. The molecule has 1 atom stereocenters. The van der Waals surface area contributed by atoms with Crippen molar-refractivity contribution in [2.45, 2.75) is 64.8 Å². The third kappa shape index (κ3) is 1.50. The van der Waals surface area contributed by atoms with Crippen LogP contribution in [0.2, 0.25) is 0 Å². The zero-order chi connectivity index (χ0) is 10.4. The van der Waals surface area contributed by atoms with Crippen molar-refractivity contribution in [1.82, 2.24) is 0 Å². The molecular formula is C13H25N. The predicted octanol–water partition coefficient (Wildman–Crippen LogP) is 3.33. The van der Waals surface area contributed by atoms with E-state index in [1.165, 1.54) is 38.5 Å². The maximum absolute atomic E-state index is 6.49. The fourth-order valence-electron chi connectivity index (χ4n) is 3.47. The van der Waals surface area contributed by atoms with E-state index in [-0.39, 0.29) is 5.54 Å². The van der Waals surface area contributed by atoms with Gasteiger partial charge in [0.25, 0.3) is 0 Å². The van der Waals surface area contributed by atoms with Gasteiger partial charge < -0.3 is 5.73 Å². The molecule has 0 bridgehead atoms. The van der Waals surface area contributed by atoms with Crippen molar-refractivity contribution in [1.29, 1.82) is 0 Å². The van der Waals surface area contributed by atoms with E-state index in [1.54, 1.807) is 0 Å². The molecule has 0 aromatic heterocycles. The quantitative estimate of drug-likeness (QED) is 0.718. The average molecular weight is 195 g/mol. The van der Waals surface area contributed by atoms with Crippen LogP contribution in [0, 0.1) is 17.3 Å². The Balaban J connectivity index is 1.91. The minimum atomic E-state index is 0.200. The summed E-state index contributed by atoms with van der Waals surface area (Å²) in [6.45, 7) is 6.99. The van der Waals surface area contributed by atoms with Crippen LogP contribution >= 0.6 is 0 Å². The first-order valence-electron chi connectivity index (χ1n) is 6.28. The van der Waals surface area contributed by atoms with E-state index in [4.69, 9.17) is 5.73 Å². The summed E-state index contributed by atoms with van der Waals surface area (Å²) < 4.78 is 0. The summed E-state index contributed by atoms with van der Waals surface area (Å²) in [6.07, 6.45) is 8.25. The summed E-state index contributed by atoms with van der Waals surface area (Å²) in [5, 5.41) is 0. The van der Waals surface area contributed by atoms with E-state index in [1.807, 2.05) is 0 Å². The van der Waals surface area contributed by atoms with E-state index in [9.17, 15) is 0 Å². The summed E-state index contributed by atoms with van der Waals surface area (Å²) in [7, 11) is 0. The standard InChI is InChI=1S/C13H25N/c1-4-10-5-7-11(8-6-10)13(14)9-12(13,2)3/h10-11H,4-9,14H2,1-3H3. The molecule has 0 aliphatic heterocycles. The second-order valence-electron chi connectivity index (χ2n) is 6.23. The Labute approximate surface area is 88.4 Å². The maximum atomic E-state index is 6.49. The fraction of sp³-hybridized carbons (Fsp3) is 1.00. The van der Waals surface area contributed by atoms with Crippen molar-refractivity contribution in [3.8, 4) is 0 Å². The Morgan fingerprint density at radius 1 is 1.14 bits per heavy atom. The lowest BCUT2D eigenvalue weighted by atomic mass is 9.75. The molecule has 14 heavy (non-hydrogen) atoms. The molecule has 2 aliphatic carbocycles. The molecule has 1 heteroatoms. The molecule has 2 saturated carbocycles. The van der Waals surface area contributed by atoms with Crippen molar-refractivity contribution in [2.24, 2.45) is 23.0 Å². The molecule has 2 rings (SSSR count). The Morgan fingerprint density at radius 2 is 1.64 bits per heavy atom. The van der Waals surface area contributed by atoms with Gasteiger partial charge in [-0.1, -0.05) is 40.0 Å². The van der Waals surface area contributed by atoms with Gasteiger partial charge in [-0.05, 0) is 36.5 Å². The molecule has 0 amide bonds. The largest absolute Gasteiger partial charge is 0.324 e. The monoisotopic (exact) mass is 195 g/mol. The van der Waals surface area contributed by atoms with Crippen LogP contribution in [0.1, 0.15) is 59.3 Å². The van der Waals surface area contributed by atoms with E-state index in [2.05, 4.69) is 20.8 Å². The summed E-state index contributed by atoms with van der Waals surface area (Å²) in [4.78, 5) is 0. The van der Waals surface area contributed by atoms with Gasteiger partial charge >= 0.3 is 0 Å². The summed E-state index contributed by atoms with van der Waals surface area (Å²) in [6, 6.07) is 0. The van der Waals surface area contributed by atoms with Gasteiger partial charge in [-0.25, -0.2) is 0 Å². The molecule has 0 heterocycles. The zero-order valence-corrected chi connectivity index (χ0v) is 9.97. The SMILES string of the molecule is CCC1CCC(C2(N)CC2(C)C)CC1. The predicted molar refractivity (Wildman–Crippen MR) is 61.1 cm³/mol. The Morgan fingerprint density at radius 3 is 2.00 bits per heavy atom. The third-order valence-electron chi connectivity index (χ3n) is 5.02.